The van der Waals surface area contributed by atoms with Gasteiger partial charge in [0.1, 0.15) is 5.69 Å². The third-order valence-corrected chi connectivity index (χ3v) is 2.82. The number of nitrogens with zero attached hydrogens (tertiary/aromatic N) is 1. The van der Waals surface area contributed by atoms with Gasteiger partial charge in [-0.2, -0.15) is 0 Å². The molecule has 0 aliphatic carbocycles. The van der Waals surface area contributed by atoms with Crippen LogP contribution in [0.3, 0.4) is 0 Å². The molecule has 0 spiro atoms. The summed E-state index contributed by atoms with van der Waals surface area (Å²) in [6, 6.07) is 12.2. The van der Waals surface area contributed by atoms with Crippen molar-refractivity contribution in [2.24, 2.45) is 0 Å². The number of rotatable bonds is 5. The Hall–Kier alpha value is -2.69. The van der Waals surface area contributed by atoms with Gasteiger partial charge in [0, 0.05) is 24.0 Å². The Morgan fingerprint density at radius 2 is 1.86 bits per heavy atom. The highest BCUT2D eigenvalue weighted by Crippen LogP contribution is 2.08. The fraction of sp³-hybridized carbons (Fsp3) is 0.188. The second-order valence-electron chi connectivity index (χ2n) is 4.51. The van der Waals surface area contributed by atoms with Crippen molar-refractivity contribution in [2.75, 3.05) is 11.9 Å². The summed E-state index contributed by atoms with van der Waals surface area (Å²) in [5.74, 6) is -0.542. The molecule has 0 aliphatic rings. The standard InChI is InChI=1S/C16H17N3O2/c1-2-9-18-15(20)12-8-10-17-14(11-12)16(21)19-13-6-4-3-5-7-13/h3-8,10-11H,2,9H2,1H3,(H,18,20)(H,19,21). The van der Waals surface area contributed by atoms with Gasteiger partial charge in [-0.3, -0.25) is 14.6 Å². The van der Waals surface area contributed by atoms with E-state index < -0.39 is 0 Å². The molecule has 0 atom stereocenters. The van der Waals surface area contributed by atoms with E-state index in [1.165, 1.54) is 12.3 Å². The summed E-state index contributed by atoms with van der Waals surface area (Å²) < 4.78 is 0. The van der Waals surface area contributed by atoms with Crippen LogP contribution in [-0.4, -0.2) is 23.3 Å². The van der Waals surface area contributed by atoms with E-state index in [0.29, 0.717) is 17.8 Å². The van der Waals surface area contributed by atoms with Gasteiger partial charge in [-0.05, 0) is 30.7 Å². The maximum absolute atomic E-state index is 12.1. The molecule has 2 rings (SSSR count). The highest BCUT2D eigenvalue weighted by Gasteiger charge is 2.11. The average molecular weight is 283 g/mol. The van der Waals surface area contributed by atoms with Crippen LogP contribution >= 0.6 is 0 Å². The van der Waals surface area contributed by atoms with Crippen LogP contribution in [0.15, 0.2) is 48.7 Å². The molecule has 2 amide bonds. The van der Waals surface area contributed by atoms with E-state index in [1.807, 2.05) is 25.1 Å². The molecule has 0 unspecified atom stereocenters. The Bertz CT molecular complexity index is 626. The molecule has 21 heavy (non-hydrogen) atoms. The van der Waals surface area contributed by atoms with E-state index >= 15 is 0 Å². The molecular formula is C16H17N3O2. The van der Waals surface area contributed by atoms with Crippen LogP contribution in [0.2, 0.25) is 0 Å². The monoisotopic (exact) mass is 283 g/mol. The first-order valence-corrected chi connectivity index (χ1v) is 6.81. The van der Waals surface area contributed by atoms with Gasteiger partial charge in [0.2, 0.25) is 0 Å². The molecule has 1 aromatic carbocycles. The molecule has 0 fully saturated rings. The molecule has 5 nitrogen and oxygen atoms in total. The molecule has 0 saturated heterocycles. The quantitative estimate of drug-likeness (QED) is 0.885. The Balaban J connectivity index is 2.10. The lowest BCUT2D eigenvalue weighted by Crippen LogP contribution is -2.24. The van der Waals surface area contributed by atoms with Crippen molar-refractivity contribution in [3.05, 3.63) is 59.9 Å². The first kappa shape index (κ1) is 14.7. The number of anilines is 1. The van der Waals surface area contributed by atoms with Crippen molar-refractivity contribution < 1.29 is 9.59 Å². The number of hydrogen-bond donors (Lipinski definition) is 2. The van der Waals surface area contributed by atoms with Crippen LogP contribution in [0.5, 0.6) is 0 Å². The number of para-hydroxylation sites is 1. The van der Waals surface area contributed by atoms with Crippen LogP contribution in [-0.2, 0) is 0 Å². The Kier molecular flexibility index (Phi) is 5.04. The van der Waals surface area contributed by atoms with Crippen LogP contribution in [0.25, 0.3) is 0 Å². The van der Waals surface area contributed by atoms with Crippen molar-refractivity contribution in [2.45, 2.75) is 13.3 Å². The summed E-state index contributed by atoms with van der Waals surface area (Å²) in [5, 5.41) is 5.50. The lowest BCUT2D eigenvalue weighted by molar-refractivity contribution is 0.0953. The summed E-state index contributed by atoms with van der Waals surface area (Å²) in [6.07, 6.45) is 2.32. The fourth-order valence-electron chi connectivity index (χ4n) is 1.75. The number of hydrogen-bond acceptors (Lipinski definition) is 3. The van der Waals surface area contributed by atoms with E-state index in [4.69, 9.17) is 0 Å². The minimum Gasteiger partial charge on any atom is -0.352 e. The van der Waals surface area contributed by atoms with Crippen molar-refractivity contribution in [1.29, 1.82) is 0 Å². The number of carbonyl (C=O) groups is 2. The van der Waals surface area contributed by atoms with Gasteiger partial charge in [0.25, 0.3) is 11.8 Å². The zero-order valence-corrected chi connectivity index (χ0v) is 11.8. The molecule has 0 radical (unpaired) electrons. The number of nitrogens with one attached hydrogen (secondary N) is 2. The topological polar surface area (TPSA) is 71.1 Å². The minimum atomic E-state index is -0.341. The second-order valence-corrected chi connectivity index (χ2v) is 4.51. The lowest BCUT2D eigenvalue weighted by Gasteiger charge is -2.06. The van der Waals surface area contributed by atoms with Crippen LogP contribution in [0, 0.1) is 0 Å². The molecule has 108 valence electrons. The average Bonchev–Trinajstić information content (AvgIpc) is 2.53. The largest absolute Gasteiger partial charge is 0.352 e. The number of amides is 2. The number of benzene rings is 1. The zero-order valence-electron chi connectivity index (χ0n) is 11.8. The number of carbonyl (C=O) groups excluding carboxylic acids is 2. The van der Waals surface area contributed by atoms with E-state index in [2.05, 4.69) is 15.6 Å². The second kappa shape index (κ2) is 7.19. The lowest BCUT2D eigenvalue weighted by atomic mass is 10.2. The molecule has 0 aliphatic heterocycles. The summed E-state index contributed by atoms with van der Waals surface area (Å²) >= 11 is 0. The molecule has 1 heterocycles. The molecule has 0 bridgehead atoms. The predicted octanol–water partition coefficient (Wildman–Crippen LogP) is 2.47. The Labute approximate surface area is 123 Å². The van der Waals surface area contributed by atoms with E-state index in [9.17, 15) is 9.59 Å². The van der Waals surface area contributed by atoms with Gasteiger partial charge < -0.3 is 10.6 Å². The molecular weight excluding hydrogens is 266 g/mol. The molecule has 1 aromatic heterocycles. The molecule has 2 aromatic rings. The first-order chi connectivity index (χ1) is 10.2. The third-order valence-electron chi connectivity index (χ3n) is 2.82. The van der Waals surface area contributed by atoms with E-state index in [0.717, 1.165) is 6.42 Å². The molecule has 5 heteroatoms. The van der Waals surface area contributed by atoms with Crippen LogP contribution < -0.4 is 10.6 Å². The molecule has 2 N–H and O–H groups in total. The van der Waals surface area contributed by atoms with E-state index in [1.54, 1.807) is 18.2 Å². The highest BCUT2D eigenvalue weighted by molar-refractivity contribution is 6.04. The Morgan fingerprint density at radius 3 is 2.57 bits per heavy atom. The summed E-state index contributed by atoms with van der Waals surface area (Å²) in [6.45, 7) is 2.58. The van der Waals surface area contributed by atoms with Gasteiger partial charge in [0.15, 0.2) is 0 Å². The van der Waals surface area contributed by atoms with Gasteiger partial charge in [0.05, 0.1) is 0 Å². The smallest absolute Gasteiger partial charge is 0.274 e. The SMILES string of the molecule is CCCNC(=O)c1ccnc(C(=O)Nc2ccccc2)c1. The van der Waals surface area contributed by atoms with Gasteiger partial charge >= 0.3 is 0 Å². The minimum absolute atomic E-state index is 0.201. The van der Waals surface area contributed by atoms with Crippen LogP contribution in [0.4, 0.5) is 5.69 Å². The predicted molar refractivity (Wildman–Crippen MR) is 81.3 cm³/mol. The summed E-state index contributed by atoms with van der Waals surface area (Å²) in [7, 11) is 0. The van der Waals surface area contributed by atoms with Crippen molar-refractivity contribution >= 4 is 17.5 Å². The normalized spacial score (nSPS) is 9.95. The highest BCUT2D eigenvalue weighted by atomic mass is 16.2. The van der Waals surface area contributed by atoms with Crippen LogP contribution in [0.1, 0.15) is 34.2 Å². The summed E-state index contributed by atoms with van der Waals surface area (Å²) in [4.78, 5) is 28.0. The van der Waals surface area contributed by atoms with Gasteiger partial charge in [-0.1, -0.05) is 25.1 Å². The van der Waals surface area contributed by atoms with Gasteiger partial charge in [-0.15, -0.1) is 0 Å². The van der Waals surface area contributed by atoms with Gasteiger partial charge in [-0.25, -0.2) is 0 Å². The summed E-state index contributed by atoms with van der Waals surface area (Å²) in [5.41, 5.74) is 1.32. The van der Waals surface area contributed by atoms with Crippen molar-refractivity contribution in [3.63, 3.8) is 0 Å². The Morgan fingerprint density at radius 1 is 1.10 bits per heavy atom. The number of pyridine rings is 1. The fourth-order valence-corrected chi connectivity index (χ4v) is 1.75. The van der Waals surface area contributed by atoms with Crippen molar-refractivity contribution in [1.82, 2.24) is 10.3 Å². The zero-order chi connectivity index (χ0) is 15.1. The third kappa shape index (κ3) is 4.14. The first-order valence-electron chi connectivity index (χ1n) is 6.81. The number of aromatic nitrogens is 1. The maximum atomic E-state index is 12.1. The van der Waals surface area contributed by atoms with E-state index in [-0.39, 0.29) is 17.5 Å². The van der Waals surface area contributed by atoms with Crippen molar-refractivity contribution in [3.8, 4) is 0 Å². The molecule has 0 saturated carbocycles. The maximum Gasteiger partial charge on any atom is 0.274 e.